The molecule has 1 unspecified atom stereocenters. The fraction of sp³-hybridized carbons (Fsp3) is 0.154. The molecule has 1 N–H and O–H groups in total. The number of thiophene rings is 1. The highest BCUT2D eigenvalue weighted by atomic mass is 35.5. The molecule has 1 amide bonds. The van der Waals surface area contributed by atoms with Gasteiger partial charge in [-0.2, -0.15) is 0 Å². The maximum atomic E-state index is 13.5. The Bertz CT molecular complexity index is 1490. The Morgan fingerprint density at radius 3 is 2.76 bits per heavy atom. The summed E-state index contributed by atoms with van der Waals surface area (Å²) in [5, 5.41) is 22.1. The van der Waals surface area contributed by atoms with Crippen molar-refractivity contribution in [2.45, 2.75) is 23.1 Å². The van der Waals surface area contributed by atoms with E-state index >= 15 is 0 Å². The first-order valence-electron chi connectivity index (χ1n) is 11.2. The number of rotatable bonds is 9. The number of thioether (sulfide) groups is 1. The fourth-order valence-corrected chi connectivity index (χ4v) is 6.78. The number of ketones is 1. The number of hydrogen-bond acceptors (Lipinski definition) is 9. The van der Waals surface area contributed by atoms with Crippen molar-refractivity contribution in [3.8, 4) is 5.75 Å². The molecule has 0 spiro atoms. The van der Waals surface area contributed by atoms with E-state index in [0.29, 0.717) is 37.9 Å². The Labute approximate surface area is 230 Å². The predicted molar refractivity (Wildman–Crippen MR) is 147 cm³/mol. The van der Waals surface area contributed by atoms with Crippen LogP contribution in [0.15, 0.2) is 81.7 Å². The van der Waals surface area contributed by atoms with Crippen LogP contribution in [0.3, 0.4) is 0 Å². The first-order chi connectivity index (χ1) is 18.0. The number of carbonyl (C=O) groups is 2. The maximum Gasteiger partial charge on any atom is 0.296 e. The molecule has 2 aromatic carbocycles. The summed E-state index contributed by atoms with van der Waals surface area (Å²) in [6.07, 6.45) is 0. The largest absolute Gasteiger partial charge is 0.503 e. The summed E-state index contributed by atoms with van der Waals surface area (Å²) in [4.78, 5) is 28.6. The second-order valence-electron chi connectivity index (χ2n) is 7.88. The van der Waals surface area contributed by atoms with Gasteiger partial charge in [0.05, 0.1) is 23.1 Å². The predicted octanol–water partition coefficient (Wildman–Crippen LogP) is 6.73. The molecule has 4 aromatic rings. The summed E-state index contributed by atoms with van der Waals surface area (Å²) < 4.78 is 6.28. The van der Waals surface area contributed by atoms with Gasteiger partial charge in [-0.25, -0.2) is 0 Å². The zero-order valence-corrected chi connectivity index (χ0v) is 22.7. The molecule has 11 heteroatoms. The molecule has 0 radical (unpaired) electrons. The lowest BCUT2D eigenvalue weighted by Crippen LogP contribution is -2.31. The molecule has 3 heterocycles. The van der Waals surface area contributed by atoms with E-state index in [2.05, 4.69) is 10.2 Å². The van der Waals surface area contributed by atoms with Gasteiger partial charge in [-0.1, -0.05) is 71.1 Å². The molecular formula is C26H20ClN3O4S3. The van der Waals surface area contributed by atoms with Crippen LogP contribution in [0.4, 0.5) is 5.13 Å². The number of ether oxygens (including phenoxy) is 1. The lowest BCUT2D eigenvalue weighted by Gasteiger charge is -2.24. The summed E-state index contributed by atoms with van der Waals surface area (Å²) >= 11 is 10.2. The average molecular weight is 570 g/mol. The van der Waals surface area contributed by atoms with Crippen LogP contribution >= 0.6 is 46.0 Å². The van der Waals surface area contributed by atoms with Crippen molar-refractivity contribution in [3.63, 3.8) is 0 Å². The van der Waals surface area contributed by atoms with Crippen molar-refractivity contribution in [1.29, 1.82) is 0 Å². The second-order valence-corrected chi connectivity index (χ2v) is 11.4. The number of halogens is 1. The number of nitrogens with zero attached hydrogens (tertiary/aromatic N) is 3. The third-order valence-corrected chi connectivity index (χ3v) is 8.94. The summed E-state index contributed by atoms with van der Waals surface area (Å²) in [6, 6.07) is 17.2. The van der Waals surface area contributed by atoms with Gasteiger partial charge < -0.3 is 9.84 Å². The van der Waals surface area contributed by atoms with Crippen LogP contribution in [0.2, 0.25) is 5.02 Å². The smallest absolute Gasteiger partial charge is 0.296 e. The van der Waals surface area contributed by atoms with Crippen molar-refractivity contribution in [3.05, 3.63) is 98.4 Å². The molecule has 37 heavy (non-hydrogen) atoms. The monoisotopic (exact) mass is 569 g/mol. The van der Waals surface area contributed by atoms with Gasteiger partial charge in [-0.15, -0.1) is 21.5 Å². The van der Waals surface area contributed by atoms with Gasteiger partial charge in [0.2, 0.25) is 10.9 Å². The highest BCUT2D eigenvalue weighted by Gasteiger charge is 2.46. The lowest BCUT2D eigenvalue weighted by atomic mass is 9.95. The molecule has 0 fully saturated rings. The van der Waals surface area contributed by atoms with E-state index in [9.17, 15) is 14.7 Å². The molecule has 188 valence electrons. The van der Waals surface area contributed by atoms with Gasteiger partial charge in [0.25, 0.3) is 5.91 Å². The van der Waals surface area contributed by atoms with E-state index in [4.69, 9.17) is 16.3 Å². The maximum absolute atomic E-state index is 13.5. The van der Waals surface area contributed by atoms with Crippen molar-refractivity contribution in [1.82, 2.24) is 10.2 Å². The number of aliphatic hydroxyl groups excluding tert-OH is 1. The first kappa shape index (κ1) is 25.5. The number of hydrogen-bond donors (Lipinski definition) is 1. The van der Waals surface area contributed by atoms with Crippen LogP contribution < -0.4 is 9.64 Å². The fourth-order valence-electron chi connectivity index (χ4n) is 3.94. The summed E-state index contributed by atoms with van der Waals surface area (Å²) in [7, 11) is 0. The number of benzene rings is 2. The van der Waals surface area contributed by atoms with Crippen LogP contribution in [-0.4, -0.2) is 33.6 Å². The highest BCUT2D eigenvalue weighted by molar-refractivity contribution is 8.00. The summed E-state index contributed by atoms with van der Waals surface area (Å²) in [6.45, 7) is 2.33. The van der Waals surface area contributed by atoms with E-state index < -0.39 is 23.5 Å². The van der Waals surface area contributed by atoms with Gasteiger partial charge in [0.1, 0.15) is 5.75 Å². The van der Waals surface area contributed by atoms with Gasteiger partial charge in [0, 0.05) is 10.8 Å². The number of carbonyl (C=O) groups excluding carboxylic acids is 2. The molecular weight excluding hydrogens is 550 g/mol. The number of aliphatic hydroxyl groups is 1. The minimum absolute atomic E-state index is 0.00145. The Hall–Kier alpha value is -3.18. The number of Topliss-reactive ketones (excluding diaryl/α,β-unsaturated/α-hetero) is 1. The Morgan fingerprint density at radius 1 is 1.16 bits per heavy atom. The standard InChI is InChI=1S/C26H20ClN3O4S3/c1-2-34-17-9-5-8-15(13-17)21-20(22(31)19-11-6-12-35-19)23(32)24(33)30(21)25-28-29-26(37-25)36-14-16-7-3-4-10-18(16)27/h3-13,21,32H,2,14H2,1H3. The van der Waals surface area contributed by atoms with E-state index in [1.54, 1.807) is 41.8 Å². The van der Waals surface area contributed by atoms with Crippen molar-refractivity contribution < 1.29 is 19.4 Å². The molecule has 0 aliphatic carbocycles. The molecule has 0 saturated carbocycles. The molecule has 2 aromatic heterocycles. The molecule has 0 bridgehead atoms. The van der Waals surface area contributed by atoms with Gasteiger partial charge >= 0.3 is 0 Å². The number of anilines is 1. The normalized spacial score (nSPS) is 15.5. The minimum atomic E-state index is -0.892. The third kappa shape index (κ3) is 5.15. The highest BCUT2D eigenvalue weighted by Crippen LogP contribution is 2.44. The van der Waals surface area contributed by atoms with Gasteiger partial charge in [0.15, 0.2) is 10.1 Å². The molecule has 1 atom stereocenters. The molecule has 0 saturated heterocycles. The molecule has 1 aliphatic rings. The van der Waals surface area contributed by atoms with Crippen molar-refractivity contribution in [2.75, 3.05) is 11.5 Å². The van der Waals surface area contributed by atoms with Crippen LogP contribution in [0.5, 0.6) is 5.75 Å². The lowest BCUT2D eigenvalue weighted by molar-refractivity contribution is -0.117. The van der Waals surface area contributed by atoms with Crippen molar-refractivity contribution in [2.24, 2.45) is 0 Å². The minimum Gasteiger partial charge on any atom is -0.503 e. The van der Waals surface area contributed by atoms with Crippen LogP contribution in [0.25, 0.3) is 0 Å². The molecule has 7 nitrogen and oxygen atoms in total. The Morgan fingerprint density at radius 2 is 2.00 bits per heavy atom. The van der Waals surface area contributed by atoms with E-state index in [1.807, 2.05) is 31.2 Å². The quantitative estimate of drug-likeness (QED) is 0.136. The molecule has 5 rings (SSSR count). The van der Waals surface area contributed by atoms with E-state index in [0.717, 1.165) is 5.56 Å². The van der Waals surface area contributed by atoms with Gasteiger partial charge in [-0.3, -0.25) is 14.5 Å². The number of aromatic nitrogens is 2. The molecule has 1 aliphatic heterocycles. The average Bonchev–Trinajstić information content (AvgIpc) is 3.65. The first-order valence-corrected chi connectivity index (χ1v) is 14.3. The topological polar surface area (TPSA) is 92.6 Å². The zero-order chi connectivity index (χ0) is 25.9. The van der Waals surface area contributed by atoms with Crippen molar-refractivity contribution >= 4 is 62.9 Å². The SMILES string of the molecule is CCOc1cccc(C2C(C(=O)c3cccs3)=C(O)C(=O)N2c2nnc(SCc3ccccc3Cl)s2)c1. The third-order valence-electron chi connectivity index (χ3n) is 5.59. The zero-order valence-electron chi connectivity index (χ0n) is 19.5. The van der Waals surface area contributed by atoms with E-state index in [1.165, 1.54) is 39.3 Å². The Balaban J connectivity index is 1.51. The van der Waals surface area contributed by atoms with Crippen LogP contribution in [0, 0.1) is 0 Å². The number of amides is 1. The summed E-state index contributed by atoms with van der Waals surface area (Å²) in [5.74, 6) is -0.535. The summed E-state index contributed by atoms with van der Waals surface area (Å²) in [5.41, 5.74) is 1.57. The van der Waals surface area contributed by atoms with Crippen LogP contribution in [-0.2, 0) is 10.5 Å². The van der Waals surface area contributed by atoms with Gasteiger partial charge in [-0.05, 0) is 47.7 Å². The van der Waals surface area contributed by atoms with Crippen LogP contribution in [0.1, 0.15) is 33.8 Å². The Kier molecular flexibility index (Phi) is 7.61. The second kappa shape index (κ2) is 11.1. The van der Waals surface area contributed by atoms with E-state index in [-0.39, 0.29) is 10.7 Å².